The second kappa shape index (κ2) is 6.05. The number of hydrogen-bond donors (Lipinski definition) is 1. The third-order valence-corrected chi connectivity index (χ3v) is 2.72. The van der Waals surface area contributed by atoms with Gasteiger partial charge < -0.3 is 5.32 Å². The molecule has 0 saturated carbocycles. The van der Waals surface area contributed by atoms with E-state index in [1.807, 2.05) is 19.2 Å². The van der Waals surface area contributed by atoms with Crippen molar-refractivity contribution in [2.45, 2.75) is 32.2 Å². The van der Waals surface area contributed by atoms with Gasteiger partial charge >= 0.3 is 0 Å². The molecule has 0 aliphatic heterocycles. The molecule has 0 radical (unpaired) electrons. The molecule has 0 saturated heterocycles. The average Bonchev–Trinajstić information content (AvgIpc) is 2.21. The van der Waals surface area contributed by atoms with E-state index in [9.17, 15) is 0 Å². The van der Waals surface area contributed by atoms with E-state index in [0.717, 1.165) is 5.02 Å². The van der Waals surface area contributed by atoms with Crippen LogP contribution in [0.4, 0.5) is 0 Å². The number of rotatable bonds is 5. The van der Waals surface area contributed by atoms with Gasteiger partial charge in [0.05, 0.1) is 0 Å². The van der Waals surface area contributed by atoms with Crippen LogP contribution in [0.15, 0.2) is 24.3 Å². The van der Waals surface area contributed by atoms with Crippen molar-refractivity contribution in [1.29, 1.82) is 0 Å². The lowest BCUT2D eigenvalue weighted by Crippen LogP contribution is -2.15. The van der Waals surface area contributed by atoms with Crippen molar-refractivity contribution in [2.75, 3.05) is 7.05 Å². The Morgan fingerprint density at radius 2 is 1.93 bits per heavy atom. The number of benzene rings is 1. The van der Waals surface area contributed by atoms with Crippen LogP contribution in [0.1, 0.15) is 37.8 Å². The summed E-state index contributed by atoms with van der Waals surface area (Å²) in [5.74, 6) is 0. The van der Waals surface area contributed by atoms with E-state index >= 15 is 0 Å². The number of unbranched alkanes of at least 4 members (excludes halogenated alkanes) is 1. The maximum absolute atomic E-state index is 5.84. The Balaban J connectivity index is 2.64. The van der Waals surface area contributed by atoms with Crippen molar-refractivity contribution >= 4 is 11.6 Å². The molecule has 0 heterocycles. The van der Waals surface area contributed by atoms with Crippen molar-refractivity contribution < 1.29 is 0 Å². The molecule has 1 unspecified atom stereocenters. The molecule has 78 valence electrons. The van der Waals surface area contributed by atoms with Gasteiger partial charge in [0.2, 0.25) is 0 Å². The number of hydrogen-bond acceptors (Lipinski definition) is 1. The van der Waals surface area contributed by atoms with E-state index in [1.54, 1.807) is 0 Å². The standard InChI is InChI=1S/C12H18ClN/c1-3-4-5-12(14-2)10-6-8-11(13)9-7-10/h6-9,12,14H,3-5H2,1-2H3. The molecule has 0 amide bonds. The van der Waals surface area contributed by atoms with Gasteiger partial charge in [0.25, 0.3) is 0 Å². The Hall–Kier alpha value is -0.530. The molecular weight excluding hydrogens is 194 g/mol. The minimum atomic E-state index is 0.465. The predicted octanol–water partition coefficient (Wildman–Crippen LogP) is 3.79. The zero-order chi connectivity index (χ0) is 10.4. The summed E-state index contributed by atoms with van der Waals surface area (Å²) in [5, 5.41) is 4.13. The van der Waals surface area contributed by atoms with E-state index in [4.69, 9.17) is 11.6 Å². The summed E-state index contributed by atoms with van der Waals surface area (Å²) in [6.07, 6.45) is 3.69. The van der Waals surface area contributed by atoms with Gasteiger partial charge in [0, 0.05) is 11.1 Å². The van der Waals surface area contributed by atoms with Crippen molar-refractivity contribution in [1.82, 2.24) is 5.32 Å². The topological polar surface area (TPSA) is 12.0 Å². The molecule has 0 fully saturated rings. The highest BCUT2D eigenvalue weighted by Crippen LogP contribution is 2.20. The molecule has 1 nitrogen and oxygen atoms in total. The van der Waals surface area contributed by atoms with Crippen molar-refractivity contribution in [2.24, 2.45) is 0 Å². The second-order valence-electron chi connectivity index (χ2n) is 3.54. The predicted molar refractivity (Wildman–Crippen MR) is 62.8 cm³/mol. The maximum Gasteiger partial charge on any atom is 0.0406 e. The average molecular weight is 212 g/mol. The first-order valence-corrected chi connectivity index (χ1v) is 5.58. The van der Waals surface area contributed by atoms with Gasteiger partial charge in [-0.1, -0.05) is 43.5 Å². The summed E-state index contributed by atoms with van der Waals surface area (Å²) in [6.45, 7) is 2.22. The van der Waals surface area contributed by atoms with Gasteiger partial charge in [-0.2, -0.15) is 0 Å². The first-order valence-electron chi connectivity index (χ1n) is 5.20. The molecule has 0 aliphatic rings. The van der Waals surface area contributed by atoms with E-state index < -0.39 is 0 Å². The molecule has 0 spiro atoms. The minimum absolute atomic E-state index is 0.465. The van der Waals surface area contributed by atoms with Gasteiger partial charge in [-0.25, -0.2) is 0 Å². The Bertz CT molecular complexity index is 256. The zero-order valence-electron chi connectivity index (χ0n) is 8.89. The summed E-state index contributed by atoms with van der Waals surface area (Å²) >= 11 is 5.84. The Kier molecular flexibility index (Phi) is 4.99. The van der Waals surface area contributed by atoms with Gasteiger partial charge in [-0.05, 0) is 31.2 Å². The maximum atomic E-state index is 5.84. The van der Waals surface area contributed by atoms with Gasteiger partial charge in [-0.15, -0.1) is 0 Å². The molecular formula is C12H18ClN. The van der Waals surface area contributed by atoms with Crippen LogP contribution in [0.3, 0.4) is 0 Å². The highest BCUT2D eigenvalue weighted by Gasteiger charge is 2.07. The number of nitrogens with one attached hydrogen (secondary N) is 1. The fourth-order valence-electron chi connectivity index (χ4n) is 1.58. The fraction of sp³-hybridized carbons (Fsp3) is 0.500. The van der Waals surface area contributed by atoms with E-state index in [1.165, 1.54) is 24.8 Å². The first-order chi connectivity index (χ1) is 6.77. The summed E-state index contributed by atoms with van der Waals surface area (Å²) in [6, 6.07) is 8.56. The van der Waals surface area contributed by atoms with Crippen LogP contribution in [0.5, 0.6) is 0 Å². The monoisotopic (exact) mass is 211 g/mol. The van der Waals surface area contributed by atoms with E-state index in [2.05, 4.69) is 24.4 Å². The van der Waals surface area contributed by atoms with Gasteiger partial charge in [-0.3, -0.25) is 0 Å². The van der Waals surface area contributed by atoms with E-state index in [-0.39, 0.29) is 0 Å². The fourth-order valence-corrected chi connectivity index (χ4v) is 1.71. The van der Waals surface area contributed by atoms with Crippen LogP contribution in [0.2, 0.25) is 5.02 Å². The molecule has 2 heteroatoms. The third-order valence-electron chi connectivity index (χ3n) is 2.47. The van der Waals surface area contributed by atoms with Crippen LogP contribution in [-0.2, 0) is 0 Å². The molecule has 1 aromatic carbocycles. The van der Waals surface area contributed by atoms with Crippen molar-refractivity contribution in [3.63, 3.8) is 0 Å². The lowest BCUT2D eigenvalue weighted by Gasteiger charge is -2.16. The summed E-state index contributed by atoms with van der Waals surface area (Å²) in [4.78, 5) is 0. The smallest absolute Gasteiger partial charge is 0.0406 e. The SMILES string of the molecule is CCCCC(NC)c1ccc(Cl)cc1. The van der Waals surface area contributed by atoms with Gasteiger partial charge in [0.15, 0.2) is 0 Å². The molecule has 1 N–H and O–H groups in total. The van der Waals surface area contributed by atoms with Crippen LogP contribution < -0.4 is 5.32 Å². The Morgan fingerprint density at radius 3 is 2.43 bits per heavy atom. The summed E-state index contributed by atoms with van der Waals surface area (Å²) in [7, 11) is 2.01. The lowest BCUT2D eigenvalue weighted by molar-refractivity contribution is 0.523. The lowest BCUT2D eigenvalue weighted by atomic mass is 10.0. The van der Waals surface area contributed by atoms with Crippen molar-refractivity contribution in [3.05, 3.63) is 34.9 Å². The highest BCUT2D eigenvalue weighted by molar-refractivity contribution is 6.30. The first kappa shape index (κ1) is 11.5. The number of halogens is 1. The normalized spacial score (nSPS) is 12.8. The third kappa shape index (κ3) is 3.32. The summed E-state index contributed by atoms with van der Waals surface area (Å²) in [5.41, 5.74) is 1.32. The molecule has 14 heavy (non-hydrogen) atoms. The molecule has 0 bridgehead atoms. The zero-order valence-corrected chi connectivity index (χ0v) is 9.64. The van der Waals surface area contributed by atoms with Crippen LogP contribution >= 0.6 is 11.6 Å². The molecule has 1 rings (SSSR count). The van der Waals surface area contributed by atoms with Gasteiger partial charge in [0.1, 0.15) is 0 Å². The van der Waals surface area contributed by atoms with Crippen LogP contribution in [0, 0.1) is 0 Å². The van der Waals surface area contributed by atoms with Crippen LogP contribution in [-0.4, -0.2) is 7.05 Å². The molecule has 1 atom stereocenters. The van der Waals surface area contributed by atoms with Crippen molar-refractivity contribution in [3.8, 4) is 0 Å². The quantitative estimate of drug-likeness (QED) is 0.782. The summed E-state index contributed by atoms with van der Waals surface area (Å²) < 4.78 is 0. The molecule has 0 aromatic heterocycles. The van der Waals surface area contributed by atoms with E-state index in [0.29, 0.717) is 6.04 Å². The minimum Gasteiger partial charge on any atom is -0.313 e. The molecule has 0 aliphatic carbocycles. The van der Waals surface area contributed by atoms with Crippen LogP contribution in [0.25, 0.3) is 0 Å². The Labute approximate surface area is 91.5 Å². The second-order valence-corrected chi connectivity index (χ2v) is 3.97. The largest absolute Gasteiger partial charge is 0.313 e. The molecule has 1 aromatic rings. The Morgan fingerprint density at radius 1 is 1.29 bits per heavy atom. The highest BCUT2D eigenvalue weighted by atomic mass is 35.5.